The van der Waals surface area contributed by atoms with Crippen LogP contribution in [0.15, 0.2) is 18.3 Å². The van der Waals surface area contributed by atoms with Crippen LogP contribution in [0, 0.1) is 5.92 Å². The van der Waals surface area contributed by atoms with E-state index in [1.165, 1.54) is 0 Å². The standard InChI is InChI=1S/C14H21N3O2/c1-3-13-10(6-7-19-13)8-17-14(18)12-5-4-11(15-2)9-16-12/h4-5,9-10,13,15H,3,6-8H2,1-2H3,(H,17,18). The summed E-state index contributed by atoms with van der Waals surface area (Å²) >= 11 is 0. The number of carbonyl (C=O) groups is 1. The van der Waals surface area contributed by atoms with Crippen molar-refractivity contribution in [2.45, 2.75) is 25.9 Å². The lowest BCUT2D eigenvalue weighted by atomic mass is 10.00. The molecule has 0 bridgehead atoms. The van der Waals surface area contributed by atoms with Gasteiger partial charge in [-0.1, -0.05) is 6.92 Å². The van der Waals surface area contributed by atoms with E-state index in [2.05, 4.69) is 22.5 Å². The lowest BCUT2D eigenvalue weighted by molar-refractivity contribution is 0.0825. The number of hydrogen-bond acceptors (Lipinski definition) is 4. The van der Waals surface area contributed by atoms with Gasteiger partial charge in [-0.3, -0.25) is 4.79 Å². The van der Waals surface area contributed by atoms with E-state index in [1.54, 1.807) is 12.3 Å². The van der Waals surface area contributed by atoms with Crippen LogP contribution in [0.3, 0.4) is 0 Å². The first-order valence-electron chi connectivity index (χ1n) is 6.78. The van der Waals surface area contributed by atoms with E-state index in [0.717, 1.165) is 25.1 Å². The average molecular weight is 263 g/mol. The maximum Gasteiger partial charge on any atom is 0.269 e. The first-order chi connectivity index (χ1) is 9.24. The summed E-state index contributed by atoms with van der Waals surface area (Å²) in [5.41, 5.74) is 1.35. The van der Waals surface area contributed by atoms with E-state index in [9.17, 15) is 4.79 Å². The molecule has 0 radical (unpaired) electrons. The molecule has 2 rings (SSSR count). The summed E-state index contributed by atoms with van der Waals surface area (Å²) in [5, 5.41) is 5.91. The van der Waals surface area contributed by atoms with Gasteiger partial charge < -0.3 is 15.4 Å². The van der Waals surface area contributed by atoms with Crippen LogP contribution in [0.2, 0.25) is 0 Å². The largest absolute Gasteiger partial charge is 0.387 e. The Bertz CT molecular complexity index is 419. The molecule has 1 aromatic heterocycles. The second kappa shape index (κ2) is 6.52. The second-order valence-electron chi connectivity index (χ2n) is 4.76. The number of aromatic nitrogens is 1. The number of amides is 1. The summed E-state index contributed by atoms with van der Waals surface area (Å²) in [7, 11) is 1.82. The molecule has 5 nitrogen and oxygen atoms in total. The third-order valence-electron chi connectivity index (χ3n) is 3.56. The van der Waals surface area contributed by atoms with Crippen LogP contribution in [0.25, 0.3) is 0 Å². The molecular weight excluding hydrogens is 242 g/mol. The Labute approximate surface area is 113 Å². The minimum Gasteiger partial charge on any atom is -0.387 e. The summed E-state index contributed by atoms with van der Waals surface area (Å²) in [4.78, 5) is 16.1. The molecule has 0 saturated carbocycles. The van der Waals surface area contributed by atoms with Crippen LogP contribution in [-0.2, 0) is 4.74 Å². The molecule has 2 unspecified atom stereocenters. The fourth-order valence-electron chi connectivity index (χ4n) is 2.37. The molecule has 1 saturated heterocycles. The molecule has 1 aliphatic heterocycles. The number of ether oxygens (including phenoxy) is 1. The van der Waals surface area contributed by atoms with Crippen LogP contribution < -0.4 is 10.6 Å². The Hall–Kier alpha value is -1.62. The van der Waals surface area contributed by atoms with Gasteiger partial charge in [-0.15, -0.1) is 0 Å². The zero-order valence-corrected chi connectivity index (χ0v) is 11.5. The van der Waals surface area contributed by atoms with Gasteiger partial charge in [-0.25, -0.2) is 4.98 Å². The maximum atomic E-state index is 12.0. The topological polar surface area (TPSA) is 63.2 Å². The second-order valence-corrected chi connectivity index (χ2v) is 4.76. The highest BCUT2D eigenvalue weighted by atomic mass is 16.5. The first-order valence-corrected chi connectivity index (χ1v) is 6.78. The Morgan fingerprint density at radius 3 is 3.00 bits per heavy atom. The van der Waals surface area contributed by atoms with Crippen molar-refractivity contribution in [3.8, 4) is 0 Å². The van der Waals surface area contributed by atoms with Gasteiger partial charge in [-0.2, -0.15) is 0 Å². The molecule has 1 aliphatic rings. The average Bonchev–Trinajstić information content (AvgIpc) is 2.92. The number of nitrogens with one attached hydrogen (secondary N) is 2. The molecule has 0 spiro atoms. The van der Waals surface area contributed by atoms with E-state index in [1.807, 2.05) is 13.1 Å². The number of pyridine rings is 1. The summed E-state index contributed by atoms with van der Waals surface area (Å²) in [6, 6.07) is 3.57. The molecule has 0 aromatic carbocycles. The highest BCUT2D eigenvalue weighted by molar-refractivity contribution is 5.92. The van der Waals surface area contributed by atoms with Crippen LogP contribution >= 0.6 is 0 Å². The van der Waals surface area contributed by atoms with Crippen molar-refractivity contribution in [3.63, 3.8) is 0 Å². The van der Waals surface area contributed by atoms with Crippen molar-refractivity contribution in [2.24, 2.45) is 5.92 Å². The molecule has 1 amide bonds. The first kappa shape index (κ1) is 13.8. The van der Waals surface area contributed by atoms with Crippen LogP contribution in [0.1, 0.15) is 30.3 Å². The van der Waals surface area contributed by atoms with Gasteiger partial charge in [0.25, 0.3) is 5.91 Å². The van der Waals surface area contributed by atoms with Crippen molar-refractivity contribution < 1.29 is 9.53 Å². The van der Waals surface area contributed by atoms with E-state index < -0.39 is 0 Å². The molecular formula is C14H21N3O2. The summed E-state index contributed by atoms with van der Waals surface area (Å²) < 4.78 is 5.61. The molecule has 2 N–H and O–H groups in total. The summed E-state index contributed by atoms with van der Waals surface area (Å²) in [5.74, 6) is 0.301. The Morgan fingerprint density at radius 1 is 1.53 bits per heavy atom. The minimum absolute atomic E-state index is 0.121. The predicted molar refractivity (Wildman–Crippen MR) is 74.3 cm³/mol. The zero-order valence-electron chi connectivity index (χ0n) is 11.5. The van der Waals surface area contributed by atoms with Crippen molar-refractivity contribution in [2.75, 3.05) is 25.5 Å². The monoisotopic (exact) mass is 263 g/mol. The highest BCUT2D eigenvalue weighted by Crippen LogP contribution is 2.22. The quantitative estimate of drug-likeness (QED) is 0.848. The molecule has 0 aliphatic carbocycles. The number of carbonyl (C=O) groups excluding carboxylic acids is 1. The minimum atomic E-state index is -0.121. The van der Waals surface area contributed by atoms with E-state index in [4.69, 9.17) is 4.74 Å². The van der Waals surface area contributed by atoms with Gasteiger partial charge in [0.05, 0.1) is 18.0 Å². The van der Waals surface area contributed by atoms with Crippen LogP contribution in [-0.4, -0.2) is 37.2 Å². The van der Waals surface area contributed by atoms with Gasteiger partial charge in [0.1, 0.15) is 5.69 Å². The fraction of sp³-hybridized carbons (Fsp3) is 0.571. The fourth-order valence-corrected chi connectivity index (χ4v) is 2.37. The molecule has 19 heavy (non-hydrogen) atoms. The van der Waals surface area contributed by atoms with E-state index >= 15 is 0 Å². The highest BCUT2D eigenvalue weighted by Gasteiger charge is 2.26. The van der Waals surface area contributed by atoms with Gasteiger partial charge >= 0.3 is 0 Å². The lowest BCUT2D eigenvalue weighted by Crippen LogP contribution is -2.33. The lowest BCUT2D eigenvalue weighted by Gasteiger charge is -2.17. The Morgan fingerprint density at radius 2 is 2.37 bits per heavy atom. The van der Waals surface area contributed by atoms with Crippen molar-refractivity contribution in [3.05, 3.63) is 24.0 Å². The number of nitrogens with zero attached hydrogens (tertiary/aromatic N) is 1. The third-order valence-corrected chi connectivity index (χ3v) is 3.56. The third kappa shape index (κ3) is 3.44. The van der Waals surface area contributed by atoms with Crippen molar-refractivity contribution in [1.29, 1.82) is 0 Å². The molecule has 1 aromatic rings. The smallest absolute Gasteiger partial charge is 0.269 e. The normalized spacial score (nSPS) is 22.2. The van der Waals surface area contributed by atoms with Crippen LogP contribution in [0.5, 0.6) is 0 Å². The SMILES string of the molecule is CCC1OCCC1CNC(=O)c1ccc(NC)cn1. The maximum absolute atomic E-state index is 12.0. The molecule has 104 valence electrons. The Balaban J connectivity index is 1.86. The predicted octanol–water partition coefficient (Wildman–Crippen LogP) is 1.67. The molecule has 2 atom stereocenters. The van der Waals surface area contributed by atoms with Gasteiger partial charge in [0.2, 0.25) is 0 Å². The molecule has 5 heteroatoms. The van der Waals surface area contributed by atoms with Crippen LogP contribution in [0.4, 0.5) is 5.69 Å². The van der Waals surface area contributed by atoms with Gasteiger partial charge in [0, 0.05) is 26.1 Å². The van der Waals surface area contributed by atoms with Gasteiger partial charge in [-0.05, 0) is 25.0 Å². The van der Waals surface area contributed by atoms with Crippen molar-refractivity contribution in [1.82, 2.24) is 10.3 Å². The number of anilines is 1. The van der Waals surface area contributed by atoms with Gasteiger partial charge in [0.15, 0.2) is 0 Å². The molecule has 1 fully saturated rings. The zero-order chi connectivity index (χ0) is 13.7. The summed E-state index contributed by atoms with van der Waals surface area (Å²) in [6.45, 7) is 3.57. The molecule has 2 heterocycles. The van der Waals surface area contributed by atoms with E-state index in [0.29, 0.717) is 18.2 Å². The number of hydrogen-bond donors (Lipinski definition) is 2. The van der Waals surface area contributed by atoms with E-state index in [-0.39, 0.29) is 12.0 Å². The summed E-state index contributed by atoms with van der Waals surface area (Å²) in [6.07, 6.45) is 3.95. The van der Waals surface area contributed by atoms with Crippen molar-refractivity contribution >= 4 is 11.6 Å². The number of rotatable bonds is 5. The Kier molecular flexibility index (Phi) is 4.74.